The van der Waals surface area contributed by atoms with Gasteiger partial charge in [0.2, 0.25) is 0 Å². The largest absolute Gasteiger partial charge is 0.496 e. The lowest BCUT2D eigenvalue weighted by molar-refractivity contribution is -0.136. The molecule has 1 aliphatic rings. The third kappa shape index (κ3) is 3.80. The van der Waals surface area contributed by atoms with Crippen LogP contribution in [0, 0.1) is 6.92 Å². The number of rotatable bonds is 5. The summed E-state index contributed by atoms with van der Waals surface area (Å²) in [7, 11) is 2.97. The van der Waals surface area contributed by atoms with Crippen LogP contribution in [0.5, 0.6) is 5.75 Å². The molecule has 1 atom stereocenters. The number of aromatic nitrogens is 1. The maximum Gasteiger partial charge on any atom is 0.338 e. The van der Waals surface area contributed by atoms with Crippen molar-refractivity contribution in [3.05, 3.63) is 96.2 Å². The first-order chi connectivity index (χ1) is 15.5. The van der Waals surface area contributed by atoms with Crippen LogP contribution in [0.4, 0.5) is 0 Å². The third-order valence-electron chi connectivity index (χ3n) is 5.50. The summed E-state index contributed by atoms with van der Waals surface area (Å²) in [5, 5.41) is 0. The van der Waals surface area contributed by atoms with Crippen molar-refractivity contribution < 1.29 is 14.3 Å². The number of hydrogen-bond acceptors (Lipinski definition) is 6. The van der Waals surface area contributed by atoms with Gasteiger partial charge in [-0.3, -0.25) is 9.36 Å². The fraction of sp³-hybridized carbons (Fsp3) is 0.240. The summed E-state index contributed by atoms with van der Waals surface area (Å²) in [4.78, 5) is 31.6. The molecule has 0 saturated heterocycles. The molecule has 32 heavy (non-hydrogen) atoms. The Morgan fingerprint density at radius 2 is 1.94 bits per heavy atom. The second-order valence-corrected chi connectivity index (χ2v) is 8.44. The smallest absolute Gasteiger partial charge is 0.338 e. The molecule has 0 amide bonds. The minimum atomic E-state index is -0.593. The molecule has 0 unspecified atom stereocenters. The molecule has 7 heteroatoms. The van der Waals surface area contributed by atoms with Crippen LogP contribution in [0.25, 0.3) is 6.08 Å². The summed E-state index contributed by atoms with van der Waals surface area (Å²) in [6, 6.07) is 14.7. The summed E-state index contributed by atoms with van der Waals surface area (Å²) in [6.07, 6.45) is 2.38. The number of fused-ring (bicyclic) bond motifs is 1. The third-order valence-corrected chi connectivity index (χ3v) is 6.48. The highest BCUT2D eigenvalue weighted by Gasteiger charge is 2.33. The lowest BCUT2D eigenvalue weighted by Crippen LogP contribution is -2.40. The standard InChI is InChI=1S/C25H24N2O4S/c1-5-18-21(24(29)31-4)22(17-9-7-6-8-10-17)27-23(28)20(32-25(27)26-18)14-16-12-11-15(2)19(13-16)30-3/h6-14,22H,5H2,1-4H3/b20-14+/t22-/m1/s1. The van der Waals surface area contributed by atoms with Crippen LogP contribution in [0.15, 0.2) is 69.6 Å². The zero-order valence-electron chi connectivity index (χ0n) is 18.4. The zero-order chi connectivity index (χ0) is 22.8. The van der Waals surface area contributed by atoms with Gasteiger partial charge in [-0.05, 0) is 42.2 Å². The summed E-state index contributed by atoms with van der Waals surface area (Å²) >= 11 is 1.31. The Morgan fingerprint density at radius 1 is 1.19 bits per heavy atom. The second-order valence-electron chi connectivity index (χ2n) is 7.43. The van der Waals surface area contributed by atoms with Gasteiger partial charge in [-0.25, -0.2) is 9.79 Å². The van der Waals surface area contributed by atoms with Gasteiger partial charge in [0.1, 0.15) is 5.75 Å². The molecule has 0 aliphatic carbocycles. The first-order valence-electron chi connectivity index (χ1n) is 10.3. The molecule has 3 aromatic rings. The van der Waals surface area contributed by atoms with Crippen molar-refractivity contribution in [2.24, 2.45) is 4.99 Å². The van der Waals surface area contributed by atoms with E-state index in [0.29, 0.717) is 27.0 Å². The molecule has 0 fully saturated rings. The molecule has 1 aromatic heterocycles. The minimum absolute atomic E-state index is 0.196. The first-order valence-corrected chi connectivity index (χ1v) is 11.1. The van der Waals surface area contributed by atoms with Crippen molar-refractivity contribution in [2.45, 2.75) is 26.3 Å². The predicted molar refractivity (Wildman–Crippen MR) is 125 cm³/mol. The Hall–Kier alpha value is -3.45. The molecule has 0 bridgehead atoms. The SMILES string of the molecule is CCC1=C(C(=O)OC)[C@@H](c2ccccc2)n2c(s/c(=C/c3ccc(C)c(OC)c3)c2=O)=N1. The van der Waals surface area contributed by atoms with Gasteiger partial charge in [0.15, 0.2) is 4.80 Å². The number of nitrogens with zero attached hydrogens (tertiary/aromatic N) is 2. The number of benzene rings is 2. The summed E-state index contributed by atoms with van der Waals surface area (Å²) < 4.78 is 12.6. The topological polar surface area (TPSA) is 69.9 Å². The number of aryl methyl sites for hydroxylation is 1. The molecule has 0 saturated carbocycles. The molecule has 6 nitrogen and oxygen atoms in total. The lowest BCUT2D eigenvalue weighted by atomic mass is 9.95. The van der Waals surface area contributed by atoms with E-state index in [9.17, 15) is 9.59 Å². The quantitative estimate of drug-likeness (QED) is 0.563. The zero-order valence-corrected chi connectivity index (χ0v) is 19.2. The van der Waals surface area contributed by atoms with E-state index in [2.05, 4.69) is 4.99 Å². The van der Waals surface area contributed by atoms with Crippen molar-refractivity contribution in [1.29, 1.82) is 0 Å². The summed E-state index contributed by atoms with van der Waals surface area (Å²) in [5.41, 5.74) is 3.55. The van der Waals surface area contributed by atoms with Crippen LogP contribution >= 0.6 is 11.3 Å². The van der Waals surface area contributed by atoms with Gasteiger partial charge >= 0.3 is 5.97 Å². The molecule has 2 aromatic carbocycles. The average molecular weight is 449 g/mol. The van der Waals surface area contributed by atoms with E-state index in [4.69, 9.17) is 9.47 Å². The Morgan fingerprint density at radius 3 is 2.59 bits per heavy atom. The van der Waals surface area contributed by atoms with Crippen molar-refractivity contribution in [1.82, 2.24) is 4.57 Å². The van der Waals surface area contributed by atoms with E-state index in [0.717, 1.165) is 22.4 Å². The molecule has 0 radical (unpaired) electrons. The summed E-state index contributed by atoms with van der Waals surface area (Å²) in [5.74, 6) is 0.284. The van der Waals surface area contributed by atoms with Gasteiger partial charge in [0.05, 0.1) is 36.1 Å². The molecule has 0 spiro atoms. The van der Waals surface area contributed by atoms with E-state index in [1.54, 1.807) is 11.7 Å². The van der Waals surface area contributed by atoms with E-state index < -0.39 is 12.0 Å². The molecular weight excluding hydrogens is 424 g/mol. The van der Waals surface area contributed by atoms with E-state index in [1.165, 1.54) is 18.4 Å². The Labute approximate surface area is 189 Å². The number of ether oxygens (including phenoxy) is 2. The number of hydrogen-bond donors (Lipinski definition) is 0. The van der Waals surface area contributed by atoms with Gasteiger partial charge < -0.3 is 9.47 Å². The number of methoxy groups -OCH3 is 2. The van der Waals surface area contributed by atoms with E-state index >= 15 is 0 Å². The molecule has 2 heterocycles. The number of allylic oxidation sites excluding steroid dienone is 1. The number of thiazole rings is 1. The number of carbonyl (C=O) groups excluding carboxylic acids is 1. The van der Waals surface area contributed by atoms with Gasteiger partial charge in [-0.1, -0.05) is 60.7 Å². The van der Waals surface area contributed by atoms with Crippen molar-refractivity contribution in [3.63, 3.8) is 0 Å². The molecule has 0 N–H and O–H groups in total. The van der Waals surface area contributed by atoms with E-state index in [1.807, 2.05) is 68.5 Å². The predicted octanol–water partition coefficient (Wildman–Crippen LogP) is 3.12. The second kappa shape index (κ2) is 8.96. The normalized spacial score (nSPS) is 15.9. The van der Waals surface area contributed by atoms with Gasteiger partial charge in [0, 0.05) is 0 Å². The highest BCUT2D eigenvalue weighted by Crippen LogP contribution is 2.31. The highest BCUT2D eigenvalue weighted by molar-refractivity contribution is 7.07. The van der Waals surface area contributed by atoms with Gasteiger partial charge in [-0.15, -0.1) is 0 Å². The maximum absolute atomic E-state index is 13.6. The monoisotopic (exact) mass is 448 g/mol. The number of esters is 1. The van der Waals surface area contributed by atoms with Crippen LogP contribution < -0.4 is 19.6 Å². The van der Waals surface area contributed by atoms with Crippen LogP contribution in [-0.2, 0) is 9.53 Å². The van der Waals surface area contributed by atoms with Crippen LogP contribution in [0.1, 0.15) is 36.1 Å². The fourth-order valence-corrected chi connectivity index (χ4v) is 4.91. The average Bonchev–Trinajstić information content (AvgIpc) is 3.13. The van der Waals surface area contributed by atoms with Crippen LogP contribution in [0.2, 0.25) is 0 Å². The highest BCUT2D eigenvalue weighted by atomic mass is 32.1. The summed E-state index contributed by atoms with van der Waals surface area (Å²) in [6.45, 7) is 3.91. The molecular formula is C25H24N2O4S. The number of carbonyl (C=O) groups is 1. The van der Waals surface area contributed by atoms with E-state index in [-0.39, 0.29) is 5.56 Å². The Balaban J connectivity index is 1.98. The van der Waals surface area contributed by atoms with Crippen LogP contribution in [-0.4, -0.2) is 24.8 Å². The van der Waals surface area contributed by atoms with Gasteiger partial charge in [-0.2, -0.15) is 0 Å². The Kier molecular flexibility index (Phi) is 6.10. The Bertz CT molecular complexity index is 1380. The van der Waals surface area contributed by atoms with Crippen molar-refractivity contribution >= 4 is 23.4 Å². The minimum Gasteiger partial charge on any atom is -0.496 e. The van der Waals surface area contributed by atoms with Gasteiger partial charge in [0.25, 0.3) is 5.56 Å². The molecule has 1 aliphatic heterocycles. The van der Waals surface area contributed by atoms with Crippen molar-refractivity contribution in [2.75, 3.05) is 14.2 Å². The fourth-order valence-electron chi connectivity index (χ4n) is 3.89. The van der Waals surface area contributed by atoms with Crippen molar-refractivity contribution in [3.8, 4) is 5.75 Å². The maximum atomic E-state index is 13.6. The first kappa shape index (κ1) is 21.8. The lowest BCUT2D eigenvalue weighted by Gasteiger charge is -2.25. The van der Waals surface area contributed by atoms with Crippen LogP contribution in [0.3, 0.4) is 0 Å². The molecule has 4 rings (SSSR count). The molecule has 164 valence electrons.